The van der Waals surface area contributed by atoms with Crippen LogP contribution in [0.15, 0.2) is 85.7 Å². The molecule has 0 atom stereocenters. The zero-order chi connectivity index (χ0) is 26.2. The van der Waals surface area contributed by atoms with Crippen LogP contribution in [-0.2, 0) is 11.2 Å². The molecule has 9 nitrogen and oxygen atoms in total. The van der Waals surface area contributed by atoms with Gasteiger partial charge in [-0.1, -0.05) is 18.7 Å². The van der Waals surface area contributed by atoms with Crippen molar-refractivity contribution in [3.63, 3.8) is 0 Å². The first-order valence-corrected chi connectivity index (χ1v) is 11.2. The maximum absolute atomic E-state index is 14.4. The summed E-state index contributed by atoms with van der Waals surface area (Å²) in [6, 6.07) is 17.2. The van der Waals surface area contributed by atoms with E-state index in [9.17, 15) is 14.0 Å². The van der Waals surface area contributed by atoms with Crippen molar-refractivity contribution in [3.8, 4) is 11.5 Å². The van der Waals surface area contributed by atoms with Crippen molar-refractivity contribution in [3.05, 3.63) is 108 Å². The van der Waals surface area contributed by atoms with E-state index in [0.29, 0.717) is 22.9 Å². The zero-order valence-electron chi connectivity index (χ0n) is 19.9. The van der Waals surface area contributed by atoms with Gasteiger partial charge in [-0.3, -0.25) is 14.6 Å². The van der Waals surface area contributed by atoms with Crippen LogP contribution in [0.4, 0.5) is 21.7 Å². The highest BCUT2D eigenvalue weighted by atomic mass is 19.1. The molecule has 0 saturated carbocycles. The van der Waals surface area contributed by atoms with Gasteiger partial charge in [0.25, 0.3) is 5.91 Å². The summed E-state index contributed by atoms with van der Waals surface area (Å²) in [5.74, 6) is 0.0602. The maximum atomic E-state index is 14.4. The van der Waals surface area contributed by atoms with Gasteiger partial charge in [0.15, 0.2) is 5.82 Å². The molecule has 0 radical (unpaired) electrons. The number of nitrogens with zero attached hydrogens (tertiary/aromatic N) is 3. The van der Waals surface area contributed by atoms with Crippen LogP contribution in [0.5, 0.6) is 11.5 Å². The fourth-order valence-corrected chi connectivity index (χ4v) is 3.33. The molecule has 2 amide bonds. The lowest BCUT2D eigenvalue weighted by molar-refractivity contribution is -0.111. The van der Waals surface area contributed by atoms with Crippen LogP contribution in [0.1, 0.15) is 21.7 Å². The highest BCUT2D eigenvalue weighted by Gasteiger charge is 2.10. The van der Waals surface area contributed by atoms with Gasteiger partial charge < -0.3 is 20.7 Å². The first-order chi connectivity index (χ1) is 17.9. The van der Waals surface area contributed by atoms with E-state index in [0.717, 1.165) is 11.8 Å². The summed E-state index contributed by atoms with van der Waals surface area (Å²) in [5, 5.41) is 8.25. The van der Waals surface area contributed by atoms with Crippen molar-refractivity contribution in [1.29, 1.82) is 0 Å². The van der Waals surface area contributed by atoms with E-state index in [-0.39, 0.29) is 35.6 Å². The van der Waals surface area contributed by atoms with Crippen molar-refractivity contribution in [2.75, 3.05) is 17.7 Å². The summed E-state index contributed by atoms with van der Waals surface area (Å²) in [6.45, 7) is 3.43. The van der Waals surface area contributed by atoms with Crippen LogP contribution < -0.4 is 20.7 Å². The van der Waals surface area contributed by atoms with Gasteiger partial charge in [-0.25, -0.2) is 14.4 Å². The Hall–Kier alpha value is -5.12. The third-order valence-electron chi connectivity index (χ3n) is 5.11. The average molecular weight is 499 g/mol. The van der Waals surface area contributed by atoms with Crippen molar-refractivity contribution < 1.29 is 18.7 Å². The minimum atomic E-state index is -0.539. The minimum absolute atomic E-state index is 0.203. The number of hydrogen-bond donors (Lipinski definition) is 3. The van der Waals surface area contributed by atoms with Gasteiger partial charge in [-0.15, -0.1) is 0 Å². The van der Waals surface area contributed by atoms with Crippen molar-refractivity contribution in [2.45, 2.75) is 6.42 Å². The zero-order valence-corrected chi connectivity index (χ0v) is 19.9. The monoisotopic (exact) mass is 498 g/mol. The SMILES string of the molecule is C=CC(=O)Nc1cccc(Cc2nc(Nc3ccc(Oc4ccnc(C(=O)NC)c4)cc3)ncc2F)c1. The Balaban J connectivity index is 1.43. The van der Waals surface area contributed by atoms with E-state index in [2.05, 4.69) is 37.5 Å². The molecule has 0 aliphatic heterocycles. The fraction of sp³-hybridized carbons (Fsp3) is 0.0741. The van der Waals surface area contributed by atoms with Crippen LogP contribution in [-0.4, -0.2) is 33.8 Å². The van der Waals surface area contributed by atoms with Crippen molar-refractivity contribution >= 4 is 29.1 Å². The molecule has 0 bridgehead atoms. The number of amides is 2. The van der Waals surface area contributed by atoms with Gasteiger partial charge in [-0.05, 0) is 54.1 Å². The molecule has 0 aliphatic carbocycles. The van der Waals surface area contributed by atoms with Gasteiger partial charge in [0.1, 0.15) is 17.2 Å². The molecule has 2 aromatic carbocycles. The molecule has 4 aromatic rings. The number of ether oxygens (including phenoxy) is 1. The van der Waals surface area contributed by atoms with E-state index in [1.54, 1.807) is 54.6 Å². The van der Waals surface area contributed by atoms with Crippen LogP contribution >= 0.6 is 0 Å². The van der Waals surface area contributed by atoms with E-state index < -0.39 is 5.82 Å². The topological polar surface area (TPSA) is 118 Å². The second-order valence-corrected chi connectivity index (χ2v) is 7.77. The number of anilines is 3. The molecule has 2 aromatic heterocycles. The summed E-state index contributed by atoms with van der Waals surface area (Å²) < 4.78 is 20.2. The van der Waals surface area contributed by atoms with Gasteiger partial charge in [0.2, 0.25) is 11.9 Å². The Labute approximate surface area is 212 Å². The number of carbonyl (C=O) groups excluding carboxylic acids is 2. The van der Waals surface area contributed by atoms with Crippen LogP contribution in [0.3, 0.4) is 0 Å². The molecule has 186 valence electrons. The maximum Gasteiger partial charge on any atom is 0.269 e. The Morgan fingerprint density at radius 2 is 1.84 bits per heavy atom. The van der Waals surface area contributed by atoms with Crippen LogP contribution in [0, 0.1) is 5.82 Å². The highest BCUT2D eigenvalue weighted by Crippen LogP contribution is 2.24. The van der Waals surface area contributed by atoms with E-state index in [1.807, 2.05) is 6.07 Å². The van der Waals surface area contributed by atoms with E-state index in [1.165, 1.54) is 19.3 Å². The Bertz CT molecular complexity index is 1440. The molecule has 4 rings (SSSR count). The lowest BCUT2D eigenvalue weighted by Crippen LogP contribution is -2.18. The summed E-state index contributed by atoms with van der Waals surface area (Å²) in [5.41, 5.74) is 2.46. The molecule has 2 heterocycles. The summed E-state index contributed by atoms with van der Waals surface area (Å²) >= 11 is 0. The van der Waals surface area contributed by atoms with Crippen molar-refractivity contribution in [1.82, 2.24) is 20.3 Å². The molecular formula is C27H23FN6O3. The lowest BCUT2D eigenvalue weighted by atomic mass is 10.1. The van der Waals surface area contributed by atoms with Crippen molar-refractivity contribution in [2.24, 2.45) is 0 Å². The highest BCUT2D eigenvalue weighted by molar-refractivity contribution is 5.98. The largest absolute Gasteiger partial charge is 0.457 e. The molecule has 0 aliphatic rings. The number of rotatable bonds is 9. The number of benzene rings is 2. The minimum Gasteiger partial charge on any atom is -0.457 e. The number of halogens is 1. The molecule has 0 fully saturated rings. The number of pyridine rings is 1. The lowest BCUT2D eigenvalue weighted by Gasteiger charge is -2.10. The van der Waals surface area contributed by atoms with Gasteiger partial charge >= 0.3 is 0 Å². The second-order valence-electron chi connectivity index (χ2n) is 7.77. The molecule has 0 spiro atoms. The average Bonchev–Trinajstić information content (AvgIpc) is 2.91. The predicted octanol–water partition coefficient (Wildman–Crippen LogP) is 4.62. The molecule has 10 heteroatoms. The smallest absolute Gasteiger partial charge is 0.269 e. The van der Waals surface area contributed by atoms with E-state index in [4.69, 9.17) is 4.74 Å². The van der Waals surface area contributed by atoms with E-state index >= 15 is 0 Å². The molecular weight excluding hydrogens is 475 g/mol. The molecule has 3 N–H and O–H groups in total. The first-order valence-electron chi connectivity index (χ1n) is 11.2. The first kappa shape index (κ1) is 25.0. The normalized spacial score (nSPS) is 10.3. The van der Waals surface area contributed by atoms with Gasteiger partial charge in [0.05, 0.1) is 11.9 Å². The van der Waals surface area contributed by atoms with Crippen LogP contribution in [0.25, 0.3) is 0 Å². The standard InChI is InChI=1S/C27H23FN6O3/c1-3-25(35)32-19-6-4-5-17(13-19)14-23-22(28)16-31-27(34-23)33-18-7-9-20(10-8-18)37-21-11-12-30-24(15-21)26(36)29-2/h3-13,15-16H,1,14H2,2H3,(H,29,36)(H,32,35)(H,31,33,34). The summed E-state index contributed by atoms with van der Waals surface area (Å²) in [6.07, 6.45) is 3.99. The third kappa shape index (κ3) is 6.73. The Kier molecular flexibility index (Phi) is 7.79. The summed E-state index contributed by atoms with van der Waals surface area (Å²) in [7, 11) is 1.53. The van der Waals surface area contributed by atoms with Crippen LogP contribution in [0.2, 0.25) is 0 Å². The Morgan fingerprint density at radius 3 is 2.59 bits per heavy atom. The number of aromatic nitrogens is 3. The summed E-state index contributed by atoms with van der Waals surface area (Å²) in [4.78, 5) is 35.7. The number of carbonyl (C=O) groups is 2. The third-order valence-corrected chi connectivity index (χ3v) is 5.11. The molecule has 0 unspecified atom stereocenters. The predicted molar refractivity (Wildman–Crippen MR) is 137 cm³/mol. The molecule has 37 heavy (non-hydrogen) atoms. The second kappa shape index (κ2) is 11.5. The number of nitrogens with one attached hydrogen (secondary N) is 3. The van der Waals surface area contributed by atoms with Gasteiger partial charge in [0, 0.05) is 37.1 Å². The Morgan fingerprint density at radius 1 is 1.03 bits per heavy atom. The quantitative estimate of drug-likeness (QED) is 0.288. The molecule has 0 saturated heterocycles. The van der Waals surface area contributed by atoms with Gasteiger partial charge in [-0.2, -0.15) is 0 Å². The fourth-order valence-electron chi connectivity index (χ4n) is 3.33. The number of hydrogen-bond acceptors (Lipinski definition) is 7.